The summed E-state index contributed by atoms with van der Waals surface area (Å²) in [7, 11) is 1.93. The van der Waals surface area contributed by atoms with Gasteiger partial charge < -0.3 is 10.2 Å². The zero-order chi connectivity index (χ0) is 14.5. The Hall–Kier alpha value is -1.72. The van der Waals surface area contributed by atoms with E-state index in [1.807, 2.05) is 24.1 Å². The van der Waals surface area contributed by atoms with Crippen molar-refractivity contribution in [1.29, 1.82) is 0 Å². The smallest absolute Gasteiger partial charge is 0.263 e. The van der Waals surface area contributed by atoms with Crippen molar-refractivity contribution in [1.82, 2.24) is 4.90 Å². The Kier molecular flexibility index (Phi) is 4.87. The summed E-state index contributed by atoms with van der Waals surface area (Å²) >= 11 is 0. The van der Waals surface area contributed by atoms with Gasteiger partial charge in [-0.15, -0.1) is 0 Å². The zero-order valence-corrected chi connectivity index (χ0v) is 11.3. The summed E-state index contributed by atoms with van der Waals surface area (Å²) in [5.74, 6) is 0.843. The van der Waals surface area contributed by atoms with Crippen LogP contribution in [0.4, 0.5) is 8.78 Å². The van der Waals surface area contributed by atoms with Crippen LogP contribution in [0.15, 0.2) is 47.1 Å². The first-order valence-electron chi connectivity index (χ1n) is 6.42. The molecule has 0 radical (unpaired) electrons. The summed E-state index contributed by atoms with van der Waals surface area (Å²) in [5, 5.41) is 0. The maximum absolute atomic E-state index is 12.5. The number of rotatable bonds is 6. The van der Waals surface area contributed by atoms with Gasteiger partial charge in [0.2, 0.25) is 0 Å². The fourth-order valence-electron chi connectivity index (χ4n) is 2.19. The predicted molar refractivity (Wildman–Crippen MR) is 73.4 cm³/mol. The molecule has 2 aromatic rings. The Bertz CT molecular complexity index is 511. The third-order valence-corrected chi connectivity index (χ3v) is 3.31. The molecule has 0 saturated heterocycles. The molecule has 0 fully saturated rings. The largest absolute Gasteiger partial charge is 0.468 e. The quantitative estimate of drug-likeness (QED) is 0.882. The lowest BCUT2D eigenvalue weighted by atomic mass is 10.0. The summed E-state index contributed by atoms with van der Waals surface area (Å²) in [6.07, 6.45) is -0.820. The van der Waals surface area contributed by atoms with Gasteiger partial charge in [-0.3, -0.25) is 4.90 Å². The highest BCUT2D eigenvalue weighted by atomic mass is 19.3. The number of benzene rings is 1. The van der Waals surface area contributed by atoms with Gasteiger partial charge in [-0.1, -0.05) is 24.3 Å². The van der Waals surface area contributed by atoms with E-state index in [-0.39, 0.29) is 11.6 Å². The van der Waals surface area contributed by atoms with Gasteiger partial charge in [0.1, 0.15) is 5.76 Å². The molecular weight excluding hydrogens is 262 g/mol. The molecule has 0 amide bonds. The lowest BCUT2D eigenvalue weighted by Crippen LogP contribution is -2.30. The topological polar surface area (TPSA) is 42.4 Å². The van der Waals surface area contributed by atoms with Gasteiger partial charge in [0.15, 0.2) is 0 Å². The molecule has 0 aliphatic heterocycles. The second-order valence-electron chi connectivity index (χ2n) is 4.71. The highest BCUT2D eigenvalue weighted by molar-refractivity contribution is 5.26. The van der Waals surface area contributed by atoms with Crippen molar-refractivity contribution in [3.05, 3.63) is 59.5 Å². The maximum Gasteiger partial charge on any atom is 0.263 e. The van der Waals surface area contributed by atoms with E-state index >= 15 is 0 Å². The number of hydrogen-bond donors (Lipinski definition) is 1. The molecule has 0 saturated carbocycles. The highest BCUT2D eigenvalue weighted by Crippen LogP contribution is 2.24. The summed E-state index contributed by atoms with van der Waals surface area (Å²) in [6, 6.07) is 10.00. The molecule has 20 heavy (non-hydrogen) atoms. The van der Waals surface area contributed by atoms with E-state index in [9.17, 15) is 8.78 Å². The number of nitrogens with zero attached hydrogens (tertiary/aromatic N) is 1. The van der Waals surface area contributed by atoms with Gasteiger partial charge in [-0.05, 0) is 24.7 Å². The minimum atomic E-state index is -2.44. The Morgan fingerprint density at radius 3 is 2.30 bits per heavy atom. The summed E-state index contributed by atoms with van der Waals surface area (Å²) < 4.78 is 30.4. The number of likely N-dealkylation sites (N-methyl/N-ethyl adjacent to an activating group) is 1. The predicted octanol–water partition coefficient (Wildman–Crippen LogP) is 3.35. The van der Waals surface area contributed by atoms with Crippen LogP contribution in [0.3, 0.4) is 0 Å². The zero-order valence-electron chi connectivity index (χ0n) is 11.3. The molecule has 0 spiro atoms. The fraction of sp³-hybridized carbons (Fsp3) is 0.333. The molecule has 1 heterocycles. The third kappa shape index (κ3) is 3.43. The van der Waals surface area contributed by atoms with E-state index in [1.54, 1.807) is 18.4 Å². The van der Waals surface area contributed by atoms with E-state index in [1.165, 1.54) is 12.1 Å². The highest BCUT2D eigenvalue weighted by Gasteiger charge is 2.17. The lowest BCUT2D eigenvalue weighted by molar-refractivity contribution is 0.151. The van der Waals surface area contributed by atoms with Crippen LogP contribution in [0.1, 0.15) is 29.4 Å². The Balaban J connectivity index is 2.10. The first-order valence-corrected chi connectivity index (χ1v) is 6.42. The Morgan fingerprint density at radius 2 is 1.80 bits per heavy atom. The summed E-state index contributed by atoms with van der Waals surface area (Å²) in [5.41, 5.74) is 6.76. The number of nitrogens with two attached hydrogens (primary N) is 1. The van der Waals surface area contributed by atoms with Crippen LogP contribution in [-0.4, -0.2) is 18.5 Å². The molecule has 0 aliphatic rings. The third-order valence-electron chi connectivity index (χ3n) is 3.31. The molecule has 1 aromatic heterocycles. The van der Waals surface area contributed by atoms with Crippen molar-refractivity contribution in [2.24, 2.45) is 5.73 Å². The molecular formula is C15H18F2N2O. The molecule has 3 nitrogen and oxygen atoms in total. The molecule has 1 aromatic carbocycles. The van der Waals surface area contributed by atoms with Crippen molar-refractivity contribution in [2.75, 3.05) is 13.6 Å². The second kappa shape index (κ2) is 6.63. The van der Waals surface area contributed by atoms with Crippen LogP contribution in [0, 0.1) is 0 Å². The van der Waals surface area contributed by atoms with Crippen LogP contribution >= 0.6 is 0 Å². The van der Waals surface area contributed by atoms with Crippen molar-refractivity contribution in [3.63, 3.8) is 0 Å². The maximum atomic E-state index is 12.5. The molecule has 1 atom stereocenters. The molecule has 2 N–H and O–H groups in total. The number of halogens is 2. The molecule has 108 valence electrons. The summed E-state index contributed by atoms with van der Waals surface area (Å²) in [6.45, 7) is 1.02. The van der Waals surface area contributed by atoms with Crippen molar-refractivity contribution < 1.29 is 13.2 Å². The van der Waals surface area contributed by atoms with Gasteiger partial charge in [-0.25, -0.2) is 8.78 Å². The average molecular weight is 280 g/mol. The lowest BCUT2D eigenvalue weighted by Gasteiger charge is -2.26. The van der Waals surface area contributed by atoms with Crippen LogP contribution in [0.2, 0.25) is 0 Å². The standard InChI is InChI=1S/C15H18F2N2O/c1-19(10-13-3-2-8-20-13)14(9-18)11-4-6-12(7-5-11)15(16)17/h2-8,14-15H,9-10,18H2,1H3. The average Bonchev–Trinajstić information content (AvgIpc) is 2.93. The van der Waals surface area contributed by atoms with Gasteiger partial charge in [0, 0.05) is 18.2 Å². The fourth-order valence-corrected chi connectivity index (χ4v) is 2.19. The molecule has 2 rings (SSSR count). The van der Waals surface area contributed by atoms with Gasteiger partial charge in [-0.2, -0.15) is 0 Å². The van der Waals surface area contributed by atoms with E-state index in [4.69, 9.17) is 10.2 Å². The van der Waals surface area contributed by atoms with Crippen LogP contribution < -0.4 is 5.73 Å². The first-order chi connectivity index (χ1) is 9.61. The van der Waals surface area contributed by atoms with Gasteiger partial charge in [0.05, 0.1) is 12.8 Å². The van der Waals surface area contributed by atoms with Crippen LogP contribution in [0.5, 0.6) is 0 Å². The van der Waals surface area contributed by atoms with Crippen molar-refractivity contribution >= 4 is 0 Å². The first kappa shape index (κ1) is 14.7. The Labute approximate surface area is 117 Å². The van der Waals surface area contributed by atoms with Gasteiger partial charge in [0.25, 0.3) is 6.43 Å². The van der Waals surface area contributed by atoms with Crippen molar-refractivity contribution in [2.45, 2.75) is 19.0 Å². The number of hydrogen-bond acceptors (Lipinski definition) is 3. The molecule has 0 aliphatic carbocycles. The van der Waals surface area contributed by atoms with Crippen molar-refractivity contribution in [3.8, 4) is 0 Å². The summed E-state index contributed by atoms with van der Waals surface area (Å²) in [4.78, 5) is 2.04. The van der Waals surface area contributed by atoms with Crippen LogP contribution in [0.25, 0.3) is 0 Å². The van der Waals surface area contributed by atoms with Gasteiger partial charge >= 0.3 is 0 Å². The van der Waals surface area contributed by atoms with E-state index in [2.05, 4.69) is 0 Å². The molecule has 1 unspecified atom stereocenters. The molecule has 0 bridgehead atoms. The Morgan fingerprint density at radius 1 is 1.15 bits per heavy atom. The minimum Gasteiger partial charge on any atom is -0.468 e. The van der Waals surface area contributed by atoms with Crippen LogP contribution in [-0.2, 0) is 6.54 Å². The number of alkyl halides is 2. The molecule has 5 heteroatoms. The van der Waals surface area contributed by atoms with E-state index in [0.717, 1.165) is 11.3 Å². The minimum absolute atomic E-state index is 0.0261. The van der Waals surface area contributed by atoms with E-state index in [0.29, 0.717) is 13.1 Å². The van der Waals surface area contributed by atoms with E-state index < -0.39 is 6.43 Å². The second-order valence-corrected chi connectivity index (χ2v) is 4.71. The monoisotopic (exact) mass is 280 g/mol. The SMILES string of the molecule is CN(Cc1ccco1)C(CN)c1ccc(C(F)F)cc1. The number of furan rings is 1. The normalized spacial score (nSPS) is 13.1.